The quantitative estimate of drug-likeness (QED) is 0.676. The van der Waals surface area contributed by atoms with Crippen LogP contribution in [0.4, 0.5) is 11.4 Å². The highest BCUT2D eigenvalue weighted by atomic mass is 32.2. The molecule has 110 valence electrons. The van der Waals surface area contributed by atoms with Crippen molar-refractivity contribution in [3.05, 3.63) is 28.3 Å². The Bertz CT molecular complexity index is 609. The topological polar surface area (TPSA) is 92.6 Å². The number of piperidine rings is 1. The van der Waals surface area contributed by atoms with Crippen LogP contribution in [0, 0.1) is 10.1 Å². The van der Waals surface area contributed by atoms with Crippen LogP contribution in [0.5, 0.6) is 0 Å². The molecule has 1 aliphatic heterocycles. The van der Waals surface area contributed by atoms with E-state index < -0.39 is 14.9 Å². The van der Waals surface area contributed by atoms with Crippen LogP contribution in [0.15, 0.2) is 23.1 Å². The van der Waals surface area contributed by atoms with Crippen LogP contribution in [0.2, 0.25) is 0 Å². The predicted octanol–water partition coefficient (Wildman–Crippen LogP) is 1.81. The number of rotatable bonds is 4. The van der Waals surface area contributed by atoms with Crippen molar-refractivity contribution >= 4 is 21.4 Å². The van der Waals surface area contributed by atoms with E-state index in [2.05, 4.69) is 5.32 Å². The highest BCUT2D eigenvalue weighted by Gasteiger charge is 2.28. The summed E-state index contributed by atoms with van der Waals surface area (Å²) >= 11 is 0. The Hall–Kier alpha value is -1.67. The van der Waals surface area contributed by atoms with Crippen molar-refractivity contribution in [1.29, 1.82) is 0 Å². The molecule has 0 saturated carbocycles. The molecule has 1 N–H and O–H groups in total. The molecule has 0 atom stereocenters. The Labute approximate surface area is 117 Å². The van der Waals surface area contributed by atoms with Crippen molar-refractivity contribution < 1.29 is 13.3 Å². The third-order valence-electron chi connectivity index (χ3n) is 3.39. The number of benzene rings is 1. The summed E-state index contributed by atoms with van der Waals surface area (Å²) in [5.74, 6) is 0. The summed E-state index contributed by atoms with van der Waals surface area (Å²) in [6, 6.07) is 3.95. The molecule has 0 spiro atoms. The molecule has 20 heavy (non-hydrogen) atoms. The van der Waals surface area contributed by atoms with Gasteiger partial charge in [0.15, 0.2) is 0 Å². The van der Waals surface area contributed by atoms with Crippen LogP contribution in [0.1, 0.15) is 19.3 Å². The minimum absolute atomic E-state index is 0.0231. The minimum atomic E-state index is -3.64. The molecule has 7 nitrogen and oxygen atoms in total. The largest absolute Gasteiger partial charge is 0.383 e. The van der Waals surface area contributed by atoms with E-state index in [9.17, 15) is 18.5 Å². The molecule has 1 aliphatic rings. The monoisotopic (exact) mass is 299 g/mol. The van der Waals surface area contributed by atoms with E-state index >= 15 is 0 Å². The lowest BCUT2D eigenvalue weighted by molar-refractivity contribution is -0.384. The van der Waals surface area contributed by atoms with Gasteiger partial charge in [0.2, 0.25) is 10.0 Å². The molecule has 0 amide bonds. The predicted molar refractivity (Wildman–Crippen MR) is 75.3 cm³/mol. The first kappa shape index (κ1) is 14.7. The summed E-state index contributed by atoms with van der Waals surface area (Å²) < 4.78 is 26.3. The highest BCUT2D eigenvalue weighted by Crippen LogP contribution is 2.29. The van der Waals surface area contributed by atoms with Crippen molar-refractivity contribution in [2.24, 2.45) is 0 Å². The fourth-order valence-corrected chi connectivity index (χ4v) is 3.83. The molecule has 1 heterocycles. The van der Waals surface area contributed by atoms with E-state index in [4.69, 9.17) is 0 Å². The Kier molecular flexibility index (Phi) is 4.24. The number of hydrogen-bond donors (Lipinski definition) is 1. The van der Waals surface area contributed by atoms with Crippen LogP contribution >= 0.6 is 0 Å². The van der Waals surface area contributed by atoms with Gasteiger partial charge in [-0.15, -0.1) is 0 Å². The zero-order valence-electron chi connectivity index (χ0n) is 11.2. The Morgan fingerprint density at radius 2 is 1.90 bits per heavy atom. The second-order valence-electron chi connectivity index (χ2n) is 4.65. The molecule has 1 aromatic carbocycles. The van der Waals surface area contributed by atoms with E-state index in [-0.39, 0.29) is 10.6 Å². The average Bonchev–Trinajstić information content (AvgIpc) is 2.47. The van der Waals surface area contributed by atoms with Gasteiger partial charge < -0.3 is 5.32 Å². The van der Waals surface area contributed by atoms with Gasteiger partial charge in [-0.2, -0.15) is 4.31 Å². The SMILES string of the molecule is CNc1ccc(S(=O)(=O)N2CCCCC2)cc1[N+](=O)[O-]. The molecular weight excluding hydrogens is 282 g/mol. The van der Waals surface area contributed by atoms with Gasteiger partial charge in [0.1, 0.15) is 5.69 Å². The van der Waals surface area contributed by atoms with Crippen molar-refractivity contribution in [3.8, 4) is 0 Å². The normalized spacial score (nSPS) is 16.9. The van der Waals surface area contributed by atoms with Crippen LogP contribution in [0.3, 0.4) is 0 Å². The van der Waals surface area contributed by atoms with Gasteiger partial charge in [-0.3, -0.25) is 10.1 Å². The molecular formula is C12H17N3O4S. The summed E-state index contributed by atoms with van der Waals surface area (Å²) in [5.41, 5.74) is 0.0678. The van der Waals surface area contributed by atoms with Gasteiger partial charge in [0.25, 0.3) is 5.69 Å². The van der Waals surface area contributed by atoms with E-state index in [1.54, 1.807) is 7.05 Å². The molecule has 8 heteroatoms. The minimum Gasteiger partial charge on any atom is -0.383 e. The number of anilines is 1. The number of nitro groups is 1. The Morgan fingerprint density at radius 3 is 2.45 bits per heavy atom. The second kappa shape index (κ2) is 5.76. The zero-order chi connectivity index (χ0) is 14.8. The fraction of sp³-hybridized carbons (Fsp3) is 0.500. The molecule has 1 fully saturated rings. The highest BCUT2D eigenvalue weighted by molar-refractivity contribution is 7.89. The summed E-state index contributed by atoms with van der Waals surface area (Å²) in [5, 5.41) is 13.7. The van der Waals surface area contributed by atoms with Gasteiger partial charge in [-0.1, -0.05) is 6.42 Å². The Morgan fingerprint density at radius 1 is 1.25 bits per heavy atom. The third kappa shape index (κ3) is 2.75. The molecule has 0 unspecified atom stereocenters. The molecule has 0 aromatic heterocycles. The van der Waals surface area contributed by atoms with Gasteiger partial charge in [0, 0.05) is 26.2 Å². The summed E-state index contributed by atoms with van der Waals surface area (Å²) in [4.78, 5) is 10.4. The van der Waals surface area contributed by atoms with Gasteiger partial charge in [-0.25, -0.2) is 8.42 Å². The maximum atomic E-state index is 12.4. The lowest BCUT2D eigenvalue weighted by Gasteiger charge is -2.25. The lowest BCUT2D eigenvalue weighted by atomic mass is 10.2. The molecule has 1 saturated heterocycles. The summed E-state index contributed by atoms with van der Waals surface area (Å²) in [6.45, 7) is 0.952. The maximum Gasteiger partial charge on any atom is 0.293 e. The lowest BCUT2D eigenvalue weighted by Crippen LogP contribution is -2.35. The number of sulfonamides is 1. The van der Waals surface area contributed by atoms with Crippen molar-refractivity contribution in [1.82, 2.24) is 4.31 Å². The Balaban J connectivity index is 2.41. The van der Waals surface area contributed by atoms with Gasteiger partial charge >= 0.3 is 0 Å². The third-order valence-corrected chi connectivity index (χ3v) is 5.28. The average molecular weight is 299 g/mol. The molecule has 1 aromatic rings. The molecule has 0 radical (unpaired) electrons. The summed E-state index contributed by atoms with van der Waals surface area (Å²) in [6.07, 6.45) is 2.68. The maximum absolute atomic E-state index is 12.4. The van der Waals surface area contributed by atoms with Gasteiger partial charge in [0.05, 0.1) is 9.82 Å². The smallest absolute Gasteiger partial charge is 0.293 e. The molecule has 0 bridgehead atoms. The fourth-order valence-electron chi connectivity index (χ4n) is 2.29. The van der Waals surface area contributed by atoms with Crippen molar-refractivity contribution in [2.45, 2.75) is 24.2 Å². The van der Waals surface area contributed by atoms with Crippen molar-refractivity contribution in [3.63, 3.8) is 0 Å². The van der Waals surface area contributed by atoms with Crippen LogP contribution in [0.25, 0.3) is 0 Å². The number of nitro benzene ring substituents is 1. The van der Waals surface area contributed by atoms with Crippen LogP contribution in [-0.4, -0.2) is 37.8 Å². The first-order valence-electron chi connectivity index (χ1n) is 6.43. The van der Waals surface area contributed by atoms with Crippen molar-refractivity contribution in [2.75, 3.05) is 25.5 Å². The molecule has 2 rings (SSSR count). The van der Waals surface area contributed by atoms with E-state index in [0.717, 1.165) is 25.3 Å². The standard InChI is InChI=1S/C12H17N3O4S/c1-13-11-6-5-10(9-12(11)15(16)17)20(18,19)14-7-3-2-4-8-14/h5-6,9,13H,2-4,7-8H2,1H3. The van der Waals surface area contributed by atoms with E-state index in [0.29, 0.717) is 18.8 Å². The zero-order valence-corrected chi connectivity index (χ0v) is 12.0. The van der Waals surface area contributed by atoms with Gasteiger partial charge in [-0.05, 0) is 25.0 Å². The van der Waals surface area contributed by atoms with Crippen LogP contribution in [-0.2, 0) is 10.0 Å². The second-order valence-corrected chi connectivity index (χ2v) is 6.59. The number of nitrogens with one attached hydrogen (secondary N) is 1. The number of nitrogens with zero attached hydrogens (tertiary/aromatic N) is 2. The van der Waals surface area contributed by atoms with Crippen LogP contribution < -0.4 is 5.32 Å². The molecule has 0 aliphatic carbocycles. The first-order valence-corrected chi connectivity index (χ1v) is 7.87. The first-order chi connectivity index (χ1) is 9.46. The number of hydrogen-bond acceptors (Lipinski definition) is 5. The van der Waals surface area contributed by atoms with E-state index in [1.165, 1.54) is 16.4 Å². The van der Waals surface area contributed by atoms with E-state index in [1.807, 2.05) is 0 Å². The summed E-state index contributed by atoms with van der Waals surface area (Å²) in [7, 11) is -2.09.